The van der Waals surface area contributed by atoms with Crippen LogP contribution in [0.5, 0.6) is 5.75 Å². The zero-order valence-electron chi connectivity index (χ0n) is 17.6. The summed E-state index contributed by atoms with van der Waals surface area (Å²) in [7, 11) is 0. The number of carbonyl (C=O) groups excluding carboxylic acids is 1. The lowest BCUT2D eigenvalue weighted by Crippen LogP contribution is -2.49. The highest BCUT2D eigenvalue weighted by Crippen LogP contribution is 2.33. The van der Waals surface area contributed by atoms with E-state index in [1.54, 1.807) is 12.1 Å². The topological polar surface area (TPSA) is 88.8 Å². The second kappa shape index (κ2) is 8.59. The zero-order chi connectivity index (χ0) is 22.0. The fourth-order valence-corrected chi connectivity index (χ4v) is 3.99. The van der Waals surface area contributed by atoms with Gasteiger partial charge in [0.1, 0.15) is 5.75 Å². The molecule has 0 atom stereocenters. The first-order valence-electron chi connectivity index (χ1n) is 10.3. The van der Waals surface area contributed by atoms with Gasteiger partial charge in [-0.15, -0.1) is 0 Å². The SMILES string of the molecule is CCOc1ccccc1C(=O)N1CCN(c2cc(C)nc3c([N+](=O)[O-])cccc23)CC1. The van der Waals surface area contributed by atoms with Gasteiger partial charge in [-0.3, -0.25) is 14.9 Å². The van der Waals surface area contributed by atoms with Crippen LogP contribution in [-0.4, -0.2) is 53.5 Å². The number of nitro benzene ring substituents is 1. The zero-order valence-corrected chi connectivity index (χ0v) is 17.6. The molecule has 8 heteroatoms. The van der Waals surface area contributed by atoms with Crippen molar-refractivity contribution in [3.05, 3.63) is 69.9 Å². The van der Waals surface area contributed by atoms with E-state index in [9.17, 15) is 14.9 Å². The van der Waals surface area contributed by atoms with E-state index in [1.165, 1.54) is 6.07 Å². The first-order chi connectivity index (χ1) is 15.0. The number of non-ortho nitro benzene ring substituents is 1. The highest BCUT2D eigenvalue weighted by atomic mass is 16.6. The summed E-state index contributed by atoms with van der Waals surface area (Å²) in [5.74, 6) is 0.551. The average molecular weight is 420 g/mol. The number of ether oxygens (including phenoxy) is 1. The fourth-order valence-electron chi connectivity index (χ4n) is 3.99. The van der Waals surface area contributed by atoms with Crippen molar-refractivity contribution in [2.45, 2.75) is 13.8 Å². The average Bonchev–Trinajstić information content (AvgIpc) is 2.78. The van der Waals surface area contributed by atoms with Gasteiger partial charge in [0.05, 0.1) is 17.1 Å². The number of nitro groups is 1. The summed E-state index contributed by atoms with van der Waals surface area (Å²) in [6.07, 6.45) is 0. The van der Waals surface area contributed by atoms with E-state index < -0.39 is 4.92 Å². The number of para-hydroxylation sites is 2. The van der Waals surface area contributed by atoms with Crippen LogP contribution in [0.15, 0.2) is 48.5 Å². The van der Waals surface area contributed by atoms with Crippen LogP contribution in [0.25, 0.3) is 10.9 Å². The van der Waals surface area contributed by atoms with Crippen molar-refractivity contribution < 1.29 is 14.5 Å². The van der Waals surface area contributed by atoms with Crippen molar-refractivity contribution >= 4 is 28.2 Å². The summed E-state index contributed by atoms with van der Waals surface area (Å²) in [5.41, 5.74) is 2.60. The Hall–Kier alpha value is -3.68. The standard InChI is InChI=1S/C23H24N4O4/c1-3-31-21-10-5-4-7-18(21)23(28)26-13-11-25(12-14-26)20-15-16(2)24-22-17(20)8-6-9-19(22)27(29)30/h4-10,15H,3,11-14H2,1-2H3. The van der Waals surface area contributed by atoms with Gasteiger partial charge in [0, 0.05) is 49.0 Å². The molecule has 1 aliphatic rings. The normalized spacial score (nSPS) is 14.0. The minimum atomic E-state index is -0.398. The van der Waals surface area contributed by atoms with Gasteiger partial charge in [-0.05, 0) is 32.0 Å². The molecule has 1 amide bonds. The maximum atomic E-state index is 13.1. The van der Waals surface area contributed by atoms with Gasteiger partial charge in [0.2, 0.25) is 0 Å². The molecule has 31 heavy (non-hydrogen) atoms. The van der Waals surface area contributed by atoms with Crippen molar-refractivity contribution in [1.29, 1.82) is 0 Å². The number of pyridine rings is 1. The molecule has 0 saturated carbocycles. The fraction of sp³-hybridized carbons (Fsp3) is 0.304. The van der Waals surface area contributed by atoms with Crippen LogP contribution in [0.2, 0.25) is 0 Å². The number of aromatic nitrogens is 1. The van der Waals surface area contributed by atoms with Gasteiger partial charge in [-0.25, -0.2) is 4.98 Å². The van der Waals surface area contributed by atoms with Crippen LogP contribution >= 0.6 is 0 Å². The molecule has 8 nitrogen and oxygen atoms in total. The number of nitrogens with zero attached hydrogens (tertiary/aromatic N) is 4. The van der Waals surface area contributed by atoms with Crippen LogP contribution < -0.4 is 9.64 Å². The van der Waals surface area contributed by atoms with Gasteiger partial charge in [0.15, 0.2) is 5.52 Å². The van der Waals surface area contributed by atoms with Crippen molar-refractivity contribution in [3.8, 4) is 5.75 Å². The first-order valence-corrected chi connectivity index (χ1v) is 10.3. The predicted octanol–water partition coefficient (Wildman–Crippen LogP) is 3.81. The molecule has 1 saturated heterocycles. The molecule has 0 spiro atoms. The van der Waals surface area contributed by atoms with E-state index in [1.807, 2.05) is 49.1 Å². The molecule has 1 aliphatic heterocycles. The first kappa shape index (κ1) is 20.6. The molecule has 2 aromatic carbocycles. The number of carbonyl (C=O) groups is 1. The largest absolute Gasteiger partial charge is 0.493 e. The molecule has 0 aliphatic carbocycles. The molecule has 0 N–H and O–H groups in total. The van der Waals surface area contributed by atoms with Crippen LogP contribution in [0.4, 0.5) is 11.4 Å². The summed E-state index contributed by atoms with van der Waals surface area (Å²) in [6, 6.07) is 14.3. The van der Waals surface area contributed by atoms with E-state index in [4.69, 9.17) is 4.74 Å². The lowest BCUT2D eigenvalue weighted by atomic mass is 10.1. The molecule has 160 valence electrons. The predicted molar refractivity (Wildman–Crippen MR) is 119 cm³/mol. The third-order valence-corrected chi connectivity index (χ3v) is 5.45. The van der Waals surface area contributed by atoms with Crippen LogP contribution in [0.1, 0.15) is 23.0 Å². The lowest BCUT2D eigenvalue weighted by Gasteiger charge is -2.36. The van der Waals surface area contributed by atoms with Crippen molar-refractivity contribution in [2.24, 2.45) is 0 Å². The van der Waals surface area contributed by atoms with Gasteiger partial charge in [0.25, 0.3) is 11.6 Å². The van der Waals surface area contributed by atoms with Gasteiger partial charge in [-0.2, -0.15) is 0 Å². The Labute approximate surface area is 180 Å². The Balaban J connectivity index is 1.57. The minimum absolute atomic E-state index is 0.00351. The molecule has 0 bridgehead atoms. The molecule has 4 rings (SSSR count). The molecule has 0 radical (unpaired) electrons. The third-order valence-electron chi connectivity index (χ3n) is 5.45. The van der Waals surface area contributed by atoms with Crippen molar-refractivity contribution in [3.63, 3.8) is 0 Å². The number of piperazine rings is 1. The number of hydrogen-bond donors (Lipinski definition) is 0. The van der Waals surface area contributed by atoms with Crippen molar-refractivity contribution in [2.75, 3.05) is 37.7 Å². The molecular formula is C23H24N4O4. The Morgan fingerprint density at radius 1 is 1.13 bits per heavy atom. The molecule has 0 unspecified atom stereocenters. The van der Waals surface area contributed by atoms with Crippen LogP contribution in [0.3, 0.4) is 0 Å². The Bertz CT molecular complexity index is 1140. The summed E-state index contributed by atoms with van der Waals surface area (Å²) in [4.78, 5) is 32.5. The molecule has 1 aromatic heterocycles. The van der Waals surface area contributed by atoms with Gasteiger partial charge >= 0.3 is 0 Å². The summed E-state index contributed by atoms with van der Waals surface area (Å²) < 4.78 is 5.61. The minimum Gasteiger partial charge on any atom is -0.493 e. The van der Waals surface area contributed by atoms with Crippen LogP contribution in [-0.2, 0) is 0 Å². The van der Waals surface area contributed by atoms with Crippen molar-refractivity contribution in [1.82, 2.24) is 9.88 Å². The van der Waals surface area contributed by atoms with E-state index in [0.29, 0.717) is 49.6 Å². The quantitative estimate of drug-likeness (QED) is 0.461. The second-order valence-corrected chi connectivity index (χ2v) is 7.42. The maximum absolute atomic E-state index is 13.1. The molecule has 2 heterocycles. The number of aryl methyl sites for hydroxylation is 1. The molecular weight excluding hydrogens is 396 g/mol. The highest BCUT2D eigenvalue weighted by Gasteiger charge is 2.26. The monoisotopic (exact) mass is 420 g/mol. The number of anilines is 1. The van der Waals surface area contributed by atoms with E-state index in [2.05, 4.69) is 9.88 Å². The van der Waals surface area contributed by atoms with Gasteiger partial charge in [-0.1, -0.05) is 24.3 Å². The summed E-state index contributed by atoms with van der Waals surface area (Å²) >= 11 is 0. The number of fused-ring (bicyclic) bond motifs is 1. The van der Waals surface area contributed by atoms with E-state index >= 15 is 0 Å². The number of amides is 1. The second-order valence-electron chi connectivity index (χ2n) is 7.42. The molecule has 3 aromatic rings. The van der Waals surface area contributed by atoms with Gasteiger partial charge < -0.3 is 14.5 Å². The Kier molecular flexibility index (Phi) is 5.70. The maximum Gasteiger partial charge on any atom is 0.295 e. The Morgan fingerprint density at radius 2 is 1.87 bits per heavy atom. The van der Waals surface area contributed by atoms with E-state index in [0.717, 1.165) is 16.8 Å². The lowest BCUT2D eigenvalue weighted by molar-refractivity contribution is -0.383. The Morgan fingerprint density at radius 3 is 2.58 bits per heavy atom. The van der Waals surface area contributed by atoms with Crippen LogP contribution in [0, 0.1) is 17.0 Å². The third kappa shape index (κ3) is 4.01. The summed E-state index contributed by atoms with van der Waals surface area (Å²) in [5, 5.41) is 12.2. The molecule has 1 fully saturated rings. The summed E-state index contributed by atoms with van der Waals surface area (Å²) in [6.45, 7) is 6.59. The highest BCUT2D eigenvalue weighted by molar-refractivity contribution is 5.98. The smallest absolute Gasteiger partial charge is 0.295 e. The van der Waals surface area contributed by atoms with E-state index in [-0.39, 0.29) is 11.6 Å². The number of hydrogen-bond acceptors (Lipinski definition) is 6. The number of rotatable bonds is 5. The number of benzene rings is 2.